The molecule has 2 heterocycles. The summed E-state index contributed by atoms with van der Waals surface area (Å²) in [5.74, 6) is 0.949. The van der Waals surface area contributed by atoms with Gasteiger partial charge in [-0.2, -0.15) is 0 Å². The Morgan fingerprint density at radius 2 is 1.82 bits per heavy atom. The number of methoxy groups -OCH3 is 2. The molecule has 0 aromatic heterocycles. The summed E-state index contributed by atoms with van der Waals surface area (Å²) >= 11 is 0. The van der Waals surface area contributed by atoms with E-state index in [0.29, 0.717) is 37.0 Å². The summed E-state index contributed by atoms with van der Waals surface area (Å²) in [5, 5.41) is 40.6. The second kappa shape index (κ2) is 12.7. The highest BCUT2D eigenvalue weighted by Crippen LogP contribution is 2.41. The predicted octanol–water partition coefficient (Wildman–Crippen LogP) is 1.06. The van der Waals surface area contributed by atoms with E-state index in [1.165, 1.54) is 32.4 Å². The second-order valence-electron chi connectivity index (χ2n) is 8.86. The molecule has 0 spiro atoms. The molecule has 6 unspecified atom stereocenters. The van der Waals surface area contributed by atoms with Crippen LogP contribution in [0.5, 0.6) is 23.0 Å². The average Bonchev–Trinajstić information content (AvgIpc) is 3.36. The van der Waals surface area contributed by atoms with Crippen molar-refractivity contribution in [3.63, 3.8) is 0 Å². The fourth-order valence-corrected chi connectivity index (χ4v) is 4.30. The first-order chi connectivity index (χ1) is 18.4. The highest BCUT2D eigenvalue weighted by molar-refractivity contribution is 5.79. The molecule has 12 nitrogen and oxygen atoms in total. The quantitative estimate of drug-likeness (QED) is 0.213. The number of hydrogen-bond donors (Lipinski definition) is 4. The molecule has 2 fully saturated rings. The molecule has 2 aliphatic heterocycles. The summed E-state index contributed by atoms with van der Waals surface area (Å²) in [5.41, 5.74) is 1.20. The predicted molar refractivity (Wildman–Crippen MR) is 129 cm³/mol. The number of aldehydes is 1. The van der Waals surface area contributed by atoms with Crippen LogP contribution in [0, 0.1) is 0 Å². The van der Waals surface area contributed by atoms with Crippen LogP contribution in [0.2, 0.25) is 0 Å². The molecule has 2 aliphatic rings. The standard InChI is InChI=1S/C26H32O12/c1-32-19-8-14(4-3-7-27)9-20(33-2)25(19)34-21(13-29)23(30)15-5-6-17(16(10-15)12-28)35-26-24(31)18-11-22(36-26)38-37-18/h5-6,8-10,12,18,21-24,26-27,29-31H,3-4,7,11,13H2,1-2H3. The van der Waals surface area contributed by atoms with Crippen molar-refractivity contribution in [2.45, 2.75) is 56.3 Å². The lowest BCUT2D eigenvalue weighted by Crippen LogP contribution is -2.47. The first-order valence-corrected chi connectivity index (χ1v) is 12.1. The second-order valence-corrected chi connectivity index (χ2v) is 8.86. The van der Waals surface area contributed by atoms with E-state index in [0.717, 1.165) is 5.56 Å². The van der Waals surface area contributed by atoms with Gasteiger partial charge in [-0.3, -0.25) is 4.79 Å². The van der Waals surface area contributed by atoms with Gasteiger partial charge in [-0.15, -0.1) is 0 Å². The SMILES string of the molecule is COc1cc(CCCO)cc(OC)c1OC(CO)C(O)c1ccc(OC2OC3CC(OO3)C2O)c(C=O)c1. The Bertz CT molecular complexity index is 1070. The zero-order chi connectivity index (χ0) is 27.2. The lowest BCUT2D eigenvalue weighted by molar-refractivity contribution is -0.335. The van der Waals surface area contributed by atoms with Crippen LogP contribution in [0.3, 0.4) is 0 Å². The molecule has 2 aromatic carbocycles. The molecule has 2 bridgehead atoms. The third-order valence-electron chi connectivity index (χ3n) is 6.35. The molecule has 2 saturated heterocycles. The maximum atomic E-state index is 11.8. The summed E-state index contributed by atoms with van der Waals surface area (Å²) in [6.07, 6.45) is -4.03. The van der Waals surface area contributed by atoms with Crippen LogP contribution in [0.15, 0.2) is 30.3 Å². The minimum absolute atomic E-state index is 0.0341. The molecular formula is C26H32O12. The van der Waals surface area contributed by atoms with Crippen molar-refractivity contribution in [3.05, 3.63) is 47.0 Å². The third kappa shape index (κ3) is 6.02. The van der Waals surface area contributed by atoms with E-state index in [1.807, 2.05) is 0 Å². The summed E-state index contributed by atoms with van der Waals surface area (Å²) in [6.45, 7) is -0.536. The van der Waals surface area contributed by atoms with Gasteiger partial charge in [0.25, 0.3) is 0 Å². The highest BCUT2D eigenvalue weighted by atomic mass is 17.2. The molecule has 0 radical (unpaired) electrons. The molecular weight excluding hydrogens is 504 g/mol. The van der Waals surface area contributed by atoms with Crippen LogP contribution in [0.25, 0.3) is 0 Å². The number of aryl methyl sites for hydroxylation is 1. The summed E-state index contributed by atoms with van der Waals surface area (Å²) in [7, 11) is 2.90. The zero-order valence-electron chi connectivity index (χ0n) is 21.0. The molecule has 208 valence electrons. The van der Waals surface area contributed by atoms with Crippen molar-refractivity contribution in [1.29, 1.82) is 0 Å². The average molecular weight is 537 g/mol. The Morgan fingerprint density at radius 3 is 2.45 bits per heavy atom. The number of hydrogen-bond acceptors (Lipinski definition) is 12. The number of ether oxygens (including phenoxy) is 5. The van der Waals surface area contributed by atoms with Gasteiger partial charge in [0.05, 0.1) is 26.4 Å². The lowest BCUT2D eigenvalue weighted by atomic mass is 10.0. The smallest absolute Gasteiger partial charge is 0.231 e. The first kappa shape index (κ1) is 28.0. The van der Waals surface area contributed by atoms with E-state index in [4.69, 9.17) is 38.6 Å². The fraction of sp³-hybridized carbons (Fsp3) is 0.500. The molecule has 4 N–H and O–H groups in total. The largest absolute Gasteiger partial charge is 0.493 e. The van der Waals surface area contributed by atoms with Crippen molar-refractivity contribution in [3.8, 4) is 23.0 Å². The van der Waals surface area contributed by atoms with E-state index in [-0.39, 0.29) is 29.2 Å². The van der Waals surface area contributed by atoms with Gasteiger partial charge in [0.1, 0.15) is 24.1 Å². The maximum Gasteiger partial charge on any atom is 0.231 e. The number of aliphatic hydroxyl groups excluding tert-OH is 4. The van der Waals surface area contributed by atoms with Crippen LogP contribution in [0.1, 0.15) is 40.4 Å². The molecule has 0 amide bonds. The number of carbonyl (C=O) groups excluding carboxylic acids is 1. The van der Waals surface area contributed by atoms with Crippen LogP contribution in [-0.2, 0) is 20.9 Å². The van der Waals surface area contributed by atoms with Crippen LogP contribution in [-0.4, -0.2) is 85.0 Å². The highest BCUT2D eigenvalue weighted by Gasteiger charge is 2.46. The Kier molecular flexibility index (Phi) is 9.39. The van der Waals surface area contributed by atoms with Gasteiger partial charge in [0.2, 0.25) is 12.0 Å². The minimum atomic E-state index is -1.36. The summed E-state index contributed by atoms with van der Waals surface area (Å²) < 4.78 is 28.1. The van der Waals surface area contributed by atoms with Crippen molar-refractivity contribution in [2.24, 2.45) is 0 Å². The number of fused-ring (bicyclic) bond motifs is 2. The molecule has 6 atom stereocenters. The van der Waals surface area contributed by atoms with Gasteiger partial charge in [0, 0.05) is 13.0 Å². The topological polar surface area (TPSA) is 163 Å². The number of aliphatic hydroxyl groups is 4. The van der Waals surface area contributed by atoms with E-state index < -0.39 is 43.6 Å². The van der Waals surface area contributed by atoms with Gasteiger partial charge in [-0.1, -0.05) is 6.07 Å². The summed E-state index contributed by atoms with van der Waals surface area (Å²) in [6, 6.07) is 7.80. The number of rotatable bonds is 13. The Morgan fingerprint density at radius 1 is 1.08 bits per heavy atom. The van der Waals surface area contributed by atoms with Crippen LogP contribution < -0.4 is 18.9 Å². The fourth-order valence-electron chi connectivity index (χ4n) is 4.30. The molecule has 2 aromatic rings. The third-order valence-corrected chi connectivity index (χ3v) is 6.35. The molecule has 0 aliphatic carbocycles. The van der Waals surface area contributed by atoms with Gasteiger partial charge < -0.3 is 44.1 Å². The monoisotopic (exact) mass is 536 g/mol. The minimum Gasteiger partial charge on any atom is -0.493 e. The van der Waals surface area contributed by atoms with Crippen molar-refractivity contribution < 1.29 is 58.7 Å². The Balaban J connectivity index is 1.53. The first-order valence-electron chi connectivity index (χ1n) is 12.1. The lowest BCUT2D eigenvalue weighted by Gasteiger charge is -2.30. The maximum absolute atomic E-state index is 11.8. The van der Waals surface area contributed by atoms with Crippen molar-refractivity contribution in [2.75, 3.05) is 27.4 Å². The summed E-state index contributed by atoms with van der Waals surface area (Å²) in [4.78, 5) is 21.7. The number of carbonyl (C=O) groups is 1. The van der Waals surface area contributed by atoms with Crippen molar-refractivity contribution in [1.82, 2.24) is 0 Å². The van der Waals surface area contributed by atoms with Gasteiger partial charge in [-0.25, -0.2) is 9.78 Å². The van der Waals surface area contributed by atoms with E-state index in [1.54, 1.807) is 12.1 Å². The molecule has 0 saturated carbocycles. The zero-order valence-corrected chi connectivity index (χ0v) is 21.0. The Hall–Kier alpha value is -2.97. The normalized spacial score (nSPS) is 23.9. The molecule has 12 heteroatoms. The van der Waals surface area contributed by atoms with Crippen LogP contribution >= 0.6 is 0 Å². The van der Waals surface area contributed by atoms with Crippen LogP contribution in [0.4, 0.5) is 0 Å². The molecule has 4 rings (SSSR count). The molecule has 38 heavy (non-hydrogen) atoms. The number of benzene rings is 2. The van der Waals surface area contributed by atoms with E-state index in [9.17, 15) is 20.1 Å². The van der Waals surface area contributed by atoms with E-state index in [2.05, 4.69) is 0 Å². The van der Waals surface area contributed by atoms with E-state index >= 15 is 0 Å². The Labute approximate surface area is 219 Å². The van der Waals surface area contributed by atoms with Gasteiger partial charge >= 0.3 is 0 Å². The van der Waals surface area contributed by atoms with Crippen molar-refractivity contribution >= 4 is 6.29 Å². The van der Waals surface area contributed by atoms with Gasteiger partial charge in [-0.05, 0) is 48.2 Å². The van der Waals surface area contributed by atoms with Gasteiger partial charge in [0.15, 0.2) is 30.2 Å².